The van der Waals surface area contributed by atoms with Crippen molar-refractivity contribution in [1.29, 1.82) is 0 Å². The van der Waals surface area contributed by atoms with Crippen molar-refractivity contribution in [2.45, 2.75) is 32.6 Å². The molecule has 86 valence electrons. The van der Waals surface area contributed by atoms with Gasteiger partial charge >= 0.3 is 5.97 Å². The van der Waals surface area contributed by atoms with E-state index in [-0.39, 0.29) is 5.97 Å². The molecule has 0 bridgehead atoms. The van der Waals surface area contributed by atoms with Gasteiger partial charge in [-0.1, -0.05) is 13.8 Å². The van der Waals surface area contributed by atoms with Crippen LogP contribution < -0.4 is 0 Å². The zero-order chi connectivity index (χ0) is 11.3. The Morgan fingerprint density at radius 3 is 3.19 bits per heavy atom. The first-order valence-electron chi connectivity index (χ1n) is 5.98. The van der Waals surface area contributed by atoms with Crippen molar-refractivity contribution >= 4 is 5.97 Å². The molecule has 1 unspecified atom stereocenters. The first kappa shape index (κ1) is 9.87. The number of aromatic nitrogens is 2. The summed E-state index contributed by atoms with van der Waals surface area (Å²) < 4.78 is 5.12. The lowest BCUT2D eigenvalue weighted by molar-refractivity contribution is 0.0497. The van der Waals surface area contributed by atoms with Crippen LogP contribution in [0.3, 0.4) is 0 Å². The Hall–Kier alpha value is -1.32. The first-order valence-corrected chi connectivity index (χ1v) is 5.98. The second-order valence-electron chi connectivity index (χ2n) is 4.85. The predicted molar refractivity (Wildman–Crippen MR) is 58.3 cm³/mol. The number of carbonyl (C=O) groups is 1. The highest BCUT2D eigenvalue weighted by Crippen LogP contribution is 2.60. The highest BCUT2D eigenvalue weighted by Gasteiger charge is 2.55. The molecule has 4 nitrogen and oxygen atoms in total. The summed E-state index contributed by atoms with van der Waals surface area (Å²) in [7, 11) is 0. The van der Waals surface area contributed by atoms with Gasteiger partial charge in [0, 0.05) is 17.2 Å². The summed E-state index contributed by atoms with van der Waals surface area (Å²) in [5.74, 6) is 1.85. The van der Waals surface area contributed by atoms with Crippen LogP contribution in [-0.2, 0) is 11.2 Å². The Morgan fingerprint density at radius 2 is 2.44 bits per heavy atom. The Bertz CT molecular complexity index is 438. The molecule has 1 fully saturated rings. The molecule has 1 saturated carbocycles. The molecule has 1 N–H and O–H groups in total. The van der Waals surface area contributed by atoms with Gasteiger partial charge in [-0.25, -0.2) is 4.79 Å². The number of nitrogens with one attached hydrogen (secondary N) is 1. The van der Waals surface area contributed by atoms with Crippen molar-refractivity contribution in [3.63, 3.8) is 0 Å². The zero-order valence-corrected chi connectivity index (χ0v) is 9.62. The molecule has 2 aliphatic carbocycles. The smallest absolute Gasteiger partial charge is 0.359 e. The average molecular weight is 220 g/mol. The number of rotatable bonds is 3. The normalized spacial score (nSPS) is 29.8. The molecule has 0 aliphatic heterocycles. The number of H-pyrrole nitrogens is 1. The summed E-state index contributed by atoms with van der Waals surface area (Å²) >= 11 is 0. The summed E-state index contributed by atoms with van der Waals surface area (Å²) in [6.45, 7) is 4.72. The Morgan fingerprint density at radius 1 is 1.62 bits per heavy atom. The minimum atomic E-state index is -0.270. The fourth-order valence-electron chi connectivity index (χ4n) is 2.86. The van der Waals surface area contributed by atoms with E-state index < -0.39 is 0 Å². The molecule has 0 amide bonds. The van der Waals surface area contributed by atoms with Gasteiger partial charge in [0.05, 0.1) is 6.61 Å². The van der Waals surface area contributed by atoms with Crippen LogP contribution in [0.1, 0.15) is 47.9 Å². The van der Waals surface area contributed by atoms with Crippen LogP contribution in [0.15, 0.2) is 0 Å². The van der Waals surface area contributed by atoms with E-state index in [1.54, 1.807) is 0 Å². The Labute approximate surface area is 94.4 Å². The van der Waals surface area contributed by atoms with Crippen molar-refractivity contribution in [3.05, 3.63) is 17.0 Å². The standard InChI is InChI=1S/C12H16N2O2/c1-3-4-16-12(15)11-8-5-7-6(2)9(7)10(8)13-14-11/h6-7,9H,3-5H2,1-2H3,(H,13,14)/t6?,7-,9+/m0/s1. The van der Waals surface area contributed by atoms with E-state index in [4.69, 9.17) is 4.74 Å². The lowest BCUT2D eigenvalue weighted by Gasteiger charge is -2.02. The maximum absolute atomic E-state index is 11.7. The van der Waals surface area contributed by atoms with Gasteiger partial charge in [-0.15, -0.1) is 0 Å². The van der Waals surface area contributed by atoms with Crippen molar-refractivity contribution in [2.75, 3.05) is 6.61 Å². The van der Waals surface area contributed by atoms with Crippen molar-refractivity contribution in [2.24, 2.45) is 11.8 Å². The van der Waals surface area contributed by atoms with Crippen LogP contribution in [0.5, 0.6) is 0 Å². The van der Waals surface area contributed by atoms with E-state index in [1.807, 2.05) is 6.92 Å². The van der Waals surface area contributed by atoms with E-state index in [1.165, 1.54) is 5.69 Å². The highest BCUT2D eigenvalue weighted by atomic mass is 16.5. The van der Waals surface area contributed by atoms with Gasteiger partial charge in [-0.3, -0.25) is 5.10 Å². The third-order valence-corrected chi connectivity index (χ3v) is 3.87. The number of esters is 1. The van der Waals surface area contributed by atoms with Gasteiger partial charge in [0.1, 0.15) is 0 Å². The fourth-order valence-corrected chi connectivity index (χ4v) is 2.86. The van der Waals surface area contributed by atoms with E-state index in [2.05, 4.69) is 17.1 Å². The Kier molecular flexibility index (Phi) is 2.06. The van der Waals surface area contributed by atoms with Crippen LogP contribution >= 0.6 is 0 Å². The third kappa shape index (κ3) is 1.22. The summed E-state index contributed by atoms with van der Waals surface area (Å²) in [4.78, 5) is 11.7. The molecular weight excluding hydrogens is 204 g/mol. The van der Waals surface area contributed by atoms with E-state index in [0.29, 0.717) is 18.2 Å². The molecule has 1 aromatic rings. The molecule has 2 aliphatic rings. The first-order chi connectivity index (χ1) is 7.74. The van der Waals surface area contributed by atoms with Crippen molar-refractivity contribution in [1.82, 2.24) is 10.2 Å². The number of hydrogen-bond donors (Lipinski definition) is 1. The minimum Gasteiger partial charge on any atom is -0.461 e. The number of aromatic amines is 1. The number of ether oxygens (including phenoxy) is 1. The highest BCUT2D eigenvalue weighted by molar-refractivity contribution is 5.89. The molecule has 16 heavy (non-hydrogen) atoms. The topological polar surface area (TPSA) is 55.0 Å². The monoisotopic (exact) mass is 220 g/mol. The number of nitrogens with zero attached hydrogens (tertiary/aromatic N) is 1. The van der Waals surface area contributed by atoms with Crippen molar-refractivity contribution in [3.8, 4) is 0 Å². The summed E-state index contributed by atoms with van der Waals surface area (Å²) in [5, 5.41) is 7.12. The molecule has 1 heterocycles. The summed E-state index contributed by atoms with van der Waals surface area (Å²) in [6.07, 6.45) is 1.84. The quantitative estimate of drug-likeness (QED) is 0.791. The lowest BCUT2D eigenvalue weighted by Crippen LogP contribution is -2.09. The predicted octanol–water partition coefficient (Wildman–Crippen LogP) is 1.88. The maximum Gasteiger partial charge on any atom is 0.359 e. The molecule has 3 atom stereocenters. The summed E-state index contributed by atoms with van der Waals surface area (Å²) in [6, 6.07) is 0. The van der Waals surface area contributed by atoms with Gasteiger partial charge in [0.25, 0.3) is 0 Å². The number of fused-ring (bicyclic) bond motifs is 3. The third-order valence-electron chi connectivity index (χ3n) is 3.87. The fraction of sp³-hybridized carbons (Fsp3) is 0.667. The molecule has 0 aromatic carbocycles. The minimum absolute atomic E-state index is 0.270. The van der Waals surface area contributed by atoms with Crippen LogP contribution in [0, 0.1) is 11.8 Å². The van der Waals surface area contributed by atoms with Gasteiger partial charge in [0.2, 0.25) is 0 Å². The maximum atomic E-state index is 11.7. The molecule has 0 radical (unpaired) electrons. The van der Waals surface area contributed by atoms with Crippen molar-refractivity contribution < 1.29 is 9.53 Å². The molecule has 0 saturated heterocycles. The lowest BCUT2D eigenvalue weighted by atomic mass is 10.1. The average Bonchev–Trinajstić information content (AvgIpc) is 2.70. The molecule has 0 spiro atoms. The molecule has 3 rings (SSSR count). The van der Waals surface area contributed by atoms with E-state index in [0.717, 1.165) is 30.2 Å². The van der Waals surface area contributed by atoms with E-state index >= 15 is 0 Å². The Balaban J connectivity index is 1.81. The zero-order valence-electron chi connectivity index (χ0n) is 9.62. The number of carbonyl (C=O) groups excluding carboxylic acids is 1. The van der Waals surface area contributed by atoms with Crippen LogP contribution in [0.2, 0.25) is 0 Å². The second kappa shape index (κ2) is 3.34. The second-order valence-corrected chi connectivity index (χ2v) is 4.85. The van der Waals surface area contributed by atoms with Gasteiger partial charge in [0.15, 0.2) is 5.69 Å². The molecule has 1 aromatic heterocycles. The van der Waals surface area contributed by atoms with Gasteiger partial charge < -0.3 is 4.74 Å². The SMILES string of the molecule is CCCOC(=O)c1n[nH]c2c1C[C@H]1C(C)[C@@H]21. The van der Waals surface area contributed by atoms with Crippen LogP contribution in [-0.4, -0.2) is 22.8 Å². The van der Waals surface area contributed by atoms with Gasteiger partial charge in [-0.2, -0.15) is 5.10 Å². The number of hydrogen-bond acceptors (Lipinski definition) is 3. The molecular formula is C12H16N2O2. The molecule has 4 heteroatoms. The summed E-state index contributed by atoms with van der Waals surface area (Å²) in [5.41, 5.74) is 2.80. The van der Waals surface area contributed by atoms with Gasteiger partial charge in [-0.05, 0) is 24.7 Å². The van der Waals surface area contributed by atoms with Crippen LogP contribution in [0.25, 0.3) is 0 Å². The van der Waals surface area contributed by atoms with Crippen LogP contribution in [0.4, 0.5) is 0 Å². The van der Waals surface area contributed by atoms with E-state index in [9.17, 15) is 4.79 Å². The largest absolute Gasteiger partial charge is 0.461 e.